The third-order valence-electron chi connectivity index (χ3n) is 9.08. The Morgan fingerprint density at radius 2 is 0.635 bits per heavy atom. The van der Waals surface area contributed by atoms with Gasteiger partial charge >= 0.3 is 165 Å². The summed E-state index contributed by atoms with van der Waals surface area (Å²) in [5.41, 5.74) is 4.82. The average molecular weight is 2430 g/mol. The van der Waals surface area contributed by atoms with Crippen LogP contribution in [0.1, 0.15) is 66.8 Å². The van der Waals surface area contributed by atoms with Crippen molar-refractivity contribution in [1.29, 1.82) is 0 Å². The topological polar surface area (TPSA) is 64.6 Å². The Hall–Kier alpha value is -3.49. The van der Waals surface area contributed by atoms with Crippen molar-refractivity contribution in [2.75, 3.05) is 6.86 Å². The van der Waals surface area contributed by atoms with Gasteiger partial charge in [-0.1, -0.05) is 83.1 Å². The normalized spacial score (nSPS) is 10.1. The van der Waals surface area contributed by atoms with Crippen LogP contribution in [0.25, 0.3) is 0 Å². The number of rotatable bonds is 8. The minimum Gasteiger partial charge on any atom is -0.486 e. The van der Waals surface area contributed by atoms with E-state index in [1.165, 1.54) is 71.9 Å². The van der Waals surface area contributed by atoms with Crippen molar-refractivity contribution in [2.45, 2.75) is 121 Å². The molecule has 0 N–H and O–H groups in total. The van der Waals surface area contributed by atoms with Gasteiger partial charge in [-0.3, -0.25) is 8.78 Å². The minimum absolute atomic E-state index is 0. The van der Waals surface area contributed by atoms with Gasteiger partial charge in [0.15, 0.2) is 0 Å². The smallest absolute Gasteiger partial charge is 0.486 e. The van der Waals surface area contributed by atoms with Crippen LogP contribution in [0.5, 0.6) is 40.2 Å². The first-order valence-corrected chi connectivity index (χ1v) is 22.8. The molecule has 0 spiro atoms. The van der Waals surface area contributed by atoms with Gasteiger partial charge in [-0.15, -0.1) is 149 Å². The van der Waals surface area contributed by atoms with Crippen molar-refractivity contribution < 1.29 is 256 Å². The van der Waals surface area contributed by atoms with Crippen molar-refractivity contribution in [3.63, 3.8) is 0 Å². The molecule has 0 amide bonds. The molecule has 35 heteroatoms. The van der Waals surface area contributed by atoms with Gasteiger partial charge < -0.3 is 77.7 Å². The minimum atomic E-state index is -5.12. The van der Waals surface area contributed by atoms with Crippen LogP contribution in [-0.2, 0) is 126 Å². The zero-order valence-corrected chi connectivity index (χ0v) is 71.5. The van der Waals surface area contributed by atoms with E-state index >= 15 is 0 Å². The summed E-state index contributed by atoms with van der Waals surface area (Å²) in [6.45, 7) is 17.3. The second kappa shape index (κ2) is 51.6. The van der Waals surface area contributed by atoms with Gasteiger partial charge in [0, 0.05) is 17.2 Å². The van der Waals surface area contributed by atoms with Crippen LogP contribution in [-0.4, -0.2) is 45.0 Å². The third-order valence-corrected chi connectivity index (χ3v) is 9.08. The van der Waals surface area contributed by atoms with Crippen LogP contribution in [0.4, 0.5) is 96.6 Å². The molecular weight excluding hydrogens is 2370 g/mol. The SMILES string of the molecule is Cc1[c-]c(F)c(OC(F)(F)F)c(C)c1.Cc1[c-]c(OC(F)(F)F)c(F)c(C)c1.Cc1[c-]c(OC(F)(F)F)c(OC(F)(F)F)c(C)c1.Cc1[c-]c(OC(F)(F)F)cc(C)c1.Cc1[c-]c(OCF)c(F)c(C)c1.Cc1[c-]cc(OC(F)(F)F)c(C)c1.[CH3-].[CH3-].[CH3-].[CH3-].[CH3-].[CH3-].[W+2].[W+2].[W+2].[W+2].[W+2].[W+2]. The summed E-state index contributed by atoms with van der Waals surface area (Å²) in [6.07, 6.45) is -29.3. The van der Waals surface area contributed by atoms with E-state index in [1.807, 2.05) is 6.07 Å². The first kappa shape index (κ1) is 120. The van der Waals surface area contributed by atoms with Gasteiger partial charge in [-0.2, -0.15) is 81.4 Å². The molecule has 0 saturated carbocycles. The summed E-state index contributed by atoms with van der Waals surface area (Å²) in [7, 11) is 0. The van der Waals surface area contributed by atoms with E-state index in [0.717, 1.165) is 16.7 Å². The molecule has 540 valence electrons. The fourth-order valence-corrected chi connectivity index (χ4v) is 6.36. The predicted octanol–water partition coefficient (Wildman–Crippen LogP) is 21.4. The zero-order valence-electron chi connectivity index (χ0n) is 53.9. The number of alkyl halides is 19. The molecular formula is C61H64F22O7W6. The van der Waals surface area contributed by atoms with Crippen LogP contribution < -0.4 is 33.2 Å². The number of ether oxygens (including phenoxy) is 7. The molecule has 0 aromatic heterocycles. The predicted molar refractivity (Wildman–Crippen MR) is 294 cm³/mol. The van der Waals surface area contributed by atoms with Crippen molar-refractivity contribution in [3.05, 3.63) is 214 Å². The van der Waals surface area contributed by atoms with Crippen LogP contribution in [0, 0.1) is 181 Å². The molecule has 0 aliphatic carbocycles. The second-order valence-corrected chi connectivity index (χ2v) is 17.0. The summed E-state index contributed by atoms with van der Waals surface area (Å²) in [6, 6.07) is 25.3. The Balaban J connectivity index is -0.0000000864. The fraction of sp³-hybridized carbons (Fsp3) is 0.311. The van der Waals surface area contributed by atoms with E-state index in [1.54, 1.807) is 59.7 Å². The van der Waals surface area contributed by atoms with E-state index in [9.17, 15) is 96.6 Å². The molecule has 0 radical (unpaired) electrons. The molecule has 6 aromatic rings. The molecule has 0 saturated heterocycles. The maximum Gasteiger partial charge on any atom is 2.00 e. The van der Waals surface area contributed by atoms with E-state index in [-0.39, 0.29) is 210 Å². The number of aryl methyl sites for hydroxylation is 12. The van der Waals surface area contributed by atoms with Gasteiger partial charge in [-0.25, -0.2) is 8.78 Å². The van der Waals surface area contributed by atoms with Crippen LogP contribution in [0.15, 0.2) is 48.5 Å². The molecule has 7 nitrogen and oxygen atoms in total. The summed E-state index contributed by atoms with van der Waals surface area (Å²) < 4.78 is 290. The van der Waals surface area contributed by atoms with Crippen molar-refractivity contribution >= 4 is 0 Å². The molecule has 0 fully saturated rings. The average Bonchev–Trinajstić information content (AvgIpc) is 0.869. The number of halogens is 22. The Labute approximate surface area is 633 Å². The molecule has 0 bridgehead atoms. The Morgan fingerprint density at radius 1 is 0.323 bits per heavy atom. The molecule has 0 unspecified atom stereocenters. The number of benzene rings is 6. The van der Waals surface area contributed by atoms with Gasteiger partial charge in [0.05, 0.1) is 40.4 Å². The van der Waals surface area contributed by atoms with E-state index in [2.05, 4.69) is 63.5 Å². The van der Waals surface area contributed by atoms with E-state index in [4.69, 9.17) is 0 Å². The molecule has 96 heavy (non-hydrogen) atoms. The summed E-state index contributed by atoms with van der Waals surface area (Å²) in [4.78, 5) is 0. The van der Waals surface area contributed by atoms with Gasteiger partial charge in [-0.05, 0) is 0 Å². The molecule has 0 aliphatic rings. The third kappa shape index (κ3) is 51.6. The Bertz CT molecular complexity index is 3060. The van der Waals surface area contributed by atoms with Crippen LogP contribution in [0.3, 0.4) is 0 Å². The van der Waals surface area contributed by atoms with Crippen molar-refractivity contribution in [3.8, 4) is 40.2 Å². The molecule has 0 aliphatic heterocycles. The molecule has 0 heterocycles. The molecule has 0 atom stereocenters. The molecule has 6 rings (SSSR count). The summed E-state index contributed by atoms with van der Waals surface area (Å²) in [5, 5.41) is 0. The largest absolute Gasteiger partial charge is 2.00 e. The van der Waals surface area contributed by atoms with Gasteiger partial charge in [0.1, 0.15) is 0 Å². The quantitative estimate of drug-likeness (QED) is 0.111. The first-order chi connectivity index (χ1) is 38.0. The van der Waals surface area contributed by atoms with Gasteiger partial charge in [0.25, 0.3) is 0 Å². The van der Waals surface area contributed by atoms with E-state index < -0.39 is 85.5 Å². The standard InChI is InChI=1S/C10H7F6O2.2C9H7F4O.2C9H8F3O.C9H9F2O.6CH3.6W/c1-5-3-6(2)8(18-10(14,15)16)7(4-5)17-9(11,12)13;1-5-3-6(2)8(10)7(4-5)14-9(11,12)13;1-5-3-6(2)8(7(10)4-5)14-9(11,12)13;1-6-3-7(2)5-8(4-6)13-9(10,11)12;1-6-3-4-8(7(2)5-6)13-9(10,11)12;1-6-3-7(2)9(11)8(4-6)12-5-10;;;;;;;;;;;;/h3H,1-2H3;2*3H,1-2H3;3-4H,1-2H3;4-5H,1-2H3;3H,5H2,1-2H3;6*1H3;;;;;;/q12*-1;6*+2. The maximum absolute atomic E-state index is 13.1. The van der Waals surface area contributed by atoms with Crippen LogP contribution >= 0.6 is 0 Å². The summed E-state index contributed by atoms with van der Waals surface area (Å²) in [5.74, 6) is -7.25. The monoisotopic (exact) mass is 2430 g/mol. The number of hydrogen-bond donors (Lipinski definition) is 0. The fourth-order valence-electron chi connectivity index (χ4n) is 6.36. The zero-order chi connectivity index (χ0) is 65.3. The second-order valence-electron chi connectivity index (χ2n) is 17.0. The van der Waals surface area contributed by atoms with Gasteiger partial charge in [0.2, 0.25) is 6.86 Å². The van der Waals surface area contributed by atoms with E-state index in [0.29, 0.717) is 27.8 Å². The molecule has 6 aromatic carbocycles. The van der Waals surface area contributed by atoms with Crippen molar-refractivity contribution in [1.82, 2.24) is 0 Å². The number of hydrogen-bond acceptors (Lipinski definition) is 7. The van der Waals surface area contributed by atoms with Crippen molar-refractivity contribution in [2.24, 2.45) is 0 Å². The van der Waals surface area contributed by atoms with Crippen LogP contribution in [0.2, 0.25) is 0 Å². The summed E-state index contributed by atoms with van der Waals surface area (Å²) >= 11 is 0. The maximum atomic E-state index is 13.1. The Morgan fingerprint density at radius 3 is 1.00 bits per heavy atom. The Kier molecular flexibility index (Phi) is 64.3. The first-order valence-electron chi connectivity index (χ1n) is 22.8.